The lowest BCUT2D eigenvalue weighted by Crippen LogP contribution is -2.48. The third-order valence-corrected chi connectivity index (χ3v) is 4.06. The second-order valence-corrected chi connectivity index (χ2v) is 5.73. The van der Waals surface area contributed by atoms with E-state index in [4.69, 9.17) is 4.74 Å². The number of carbonyl (C=O) groups is 1. The van der Waals surface area contributed by atoms with Crippen molar-refractivity contribution in [3.05, 3.63) is 33.8 Å². The summed E-state index contributed by atoms with van der Waals surface area (Å²) in [6.45, 7) is 7.29. The molecule has 1 aliphatic heterocycles. The number of hydrogen-bond acceptors (Lipinski definition) is 2. The molecule has 1 fully saturated rings. The maximum atomic E-state index is 12.5. The van der Waals surface area contributed by atoms with E-state index < -0.39 is 0 Å². The van der Waals surface area contributed by atoms with Crippen molar-refractivity contribution in [1.29, 1.82) is 0 Å². The molecule has 0 bridgehead atoms. The predicted molar refractivity (Wildman–Crippen MR) is 74.8 cm³/mol. The van der Waals surface area contributed by atoms with E-state index >= 15 is 0 Å². The van der Waals surface area contributed by atoms with Crippen molar-refractivity contribution in [2.24, 2.45) is 0 Å². The van der Waals surface area contributed by atoms with Gasteiger partial charge in [-0.2, -0.15) is 0 Å². The van der Waals surface area contributed by atoms with E-state index in [2.05, 4.69) is 15.9 Å². The first-order valence-electron chi connectivity index (χ1n) is 6.19. The molecule has 1 aromatic carbocycles. The van der Waals surface area contributed by atoms with Crippen LogP contribution in [0, 0.1) is 6.92 Å². The van der Waals surface area contributed by atoms with Crippen molar-refractivity contribution in [2.75, 3.05) is 13.1 Å². The first-order valence-corrected chi connectivity index (χ1v) is 6.98. The van der Waals surface area contributed by atoms with E-state index in [-0.39, 0.29) is 18.1 Å². The Morgan fingerprint density at radius 2 is 1.94 bits per heavy atom. The van der Waals surface area contributed by atoms with Gasteiger partial charge in [0.15, 0.2) is 0 Å². The summed E-state index contributed by atoms with van der Waals surface area (Å²) in [4.78, 5) is 14.4. The molecule has 4 heteroatoms. The Hall–Kier alpha value is -0.870. The van der Waals surface area contributed by atoms with Crippen molar-refractivity contribution >= 4 is 21.8 Å². The fourth-order valence-corrected chi connectivity index (χ4v) is 2.72. The van der Waals surface area contributed by atoms with E-state index in [1.165, 1.54) is 0 Å². The molecular formula is C14H18BrNO2. The lowest BCUT2D eigenvalue weighted by atomic mass is 10.1. The third-order valence-electron chi connectivity index (χ3n) is 3.20. The Bertz CT molecular complexity index is 451. The zero-order valence-corrected chi connectivity index (χ0v) is 12.5. The minimum Gasteiger partial charge on any atom is -0.372 e. The maximum Gasteiger partial charge on any atom is 0.254 e. The number of benzene rings is 1. The van der Waals surface area contributed by atoms with E-state index in [0.29, 0.717) is 13.1 Å². The van der Waals surface area contributed by atoms with Crippen molar-refractivity contribution in [3.63, 3.8) is 0 Å². The molecule has 3 nitrogen and oxygen atoms in total. The maximum absolute atomic E-state index is 12.5. The van der Waals surface area contributed by atoms with Gasteiger partial charge in [0.2, 0.25) is 0 Å². The van der Waals surface area contributed by atoms with Crippen LogP contribution in [0.4, 0.5) is 0 Å². The van der Waals surface area contributed by atoms with Crippen molar-refractivity contribution in [1.82, 2.24) is 4.90 Å². The first kappa shape index (κ1) is 13.6. The highest BCUT2D eigenvalue weighted by Crippen LogP contribution is 2.22. The van der Waals surface area contributed by atoms with Crippen molar-refractivity contribution < 1.29 is 9.53 Å². The Labute approximate surface area is 116 Å². The van der Waals surface area contributed by atoms with Crippen LogP contribution in [0.3, 0.4) is 0 Å². The summed E-state index contributed by atoms with van der Waals surface area (Å²) in [5.74, 6) is 0.0933. The van der Waals surface area contributed by atoms with Crippen molar-refractivity contribution in [3.8, 4) is 0 Å². The van der Waals surface area contributed by atoms with Gasteiger partial charge in [-0.05, 0) is 38.5 Å². The van der Waals surface area contributed by atoms with Gasteiger partial charge in [0.25, 0.3) is 5.91 Å². The quantitative estimate of drug-likeness (QED) is 0.798. The number of hydrogen-bond donors (Lipinski definition) is 0. The normalized spacial score (nSPS) is 24.1. The van der Waals surface area contributed by atoms with E-state index in [1.54, 1.807) is 0 Å². The van der Waals surface area contributed by atoms with Gasteiger partial charge in [0.05, 0.1) is 12.2 Å². The number of morpholine rings is 1. The molecule has 1 amide bonds. The fraction of sp³-hybridized carbons (Fsp3) is 0.500. The van der Waals surface area contributed by atoms with Crippen LogP contribution in [0.5, 0.6) is 0 Å². The summed E-state index contributed by atoms with van der Waals surface area (Å²) in [6.07, 6.45) is 0.204. The highest BCUT2D eigenvalue weighted by atomic mass is 79.9. The number of nitrogens with zero attached hydrogens (tertiary/aromatic N) is 1. The molecule has 2 atom stereocenters. The number of carbonyl (C=O) groups excluding carboxylic acids is 1. The highest BCUT2D eigenvalue weighted by Gasteiger charge is 2.27. The molecule has 0 aromatic heterocycles. The van der Waals surface area contributed by atoms with E-state index in [9.17, 15) is 4.79 Å². The van der Waals surface area contributed by atoms with Crippen LogP contribution in [0.1, 0.15) is 29.8 Å². The molecule has 18 heavy (non-hydrogen) atoms. The van der Waals surface area contributed by atoms with Gasteiger partial charge in [-0.3, -0.25) is 4.79 Å². The van der Waals surface area contributed by atoms with Gasteiger partial charge in [-0.15, -0.1) is 0 Å². The average molecular weight is 312 g/mol. The molecule has 0 saturated carbocycles. The van der Waals surface area contributed by atoms with Gasteiger partial charge in [-0.25, -0.2) is 0 Å². The standard InChI is InChI=1S/C14H18BrNO2/c1-9-7-16(8-10(2)18-9)14(17)12-5-4-6-13(15)11(12)3/h4-6,9-10H,7-8H2,1-3H3/t9-,10+. The SMILES string of the molecule is Cc1c(Br)cccc1C(=O)N1C[C@@H](C)O[C@@H](C)C1. The second-order valence-electron chi connectivity index (χ2n) is 4.88. The lowest BCUT2D eigenvalue weighted by Gasteiger charge is -2.35. The highest BCUT2D eigenvalue weighted by molar-refractivity contribution is 9.10. The monoisotopic (exact) mass is 311 g/mol. The summed E-state index contributed by atoms with van der Waals surface area (Å²) in [5.41, 5.74) is 1.76. The summed E-state index contributed by atoms with van der Waals surface area (Å²) < 4.78 is 6.63. The fourth-order valence-electron chi connectivity index (χ4n) is 2.35. The number of halogens is 1. The molecule has 0 unspecified atom stereocenters. The Morgan fingerprint density at radius 3 is 2.56 bits per heavy atom. The Morgan fingerprint density at radius 1 is 1.33 bits per heavy atom. The largest absolute Gasteiger partial charge is 0.372 e. The summed E-state index contributed by atoms with van der Waals surface area (Å²) in [5, 5.41) is 0. The Kier molecular flexibility index (Phi) is 4.07. The topological polar surface area (TPSA) is 29.5 Å². The number of rotatable bonds is 1. The molecule has 1 saturated heterocycles. The van der Waals surface area contributed by atoms with Crippen LogP contribution in [0.2, 0.25) is 0 Å². The second kappa shape index (κ2) is 5.41. The molecule has 0 spiro atoms. The molecule has 1 aliphatic rings. The number of amides is 1. The van der Waals surface area contributed by atoms with Crippen LogP contribution < -0.4 is 0 Å². The van der Waals surface area contributed by atoms with Gasteiger partial charge >= 0.3 is 0 Å². The van der Waals surface area contributed by atoms with Crippen LogP contribution >= 0.6 is 15.9 Å². The summed E-state index contributed by atoms with van der Waals surface area (Å²) in [6, 6.07) is 5.74. The molecule has 2 rings (SSSR count). The summed E-state index contributed by atoms with van der Waals surface area (Å²) >= 11 is 3.47. The van der Waals surface area contributed by atoms with Crippen LogP contribution in [-0.2, 0) is 4.74 Å². The van der Waals surface area contributed by atoms with E-state index in [1.807, 2.05) is 43.9 Å². The van der Waals surface area contributed by atoms with Gasteiger partial charge in [0.1, 0.15) is 0 Å². The molecule has 0 aliphatic carbocycles. The molecule has 0 N–H and O–H groups in total. The minimum atomic E-state index is 0.0933. The molecule has 1 heterocycles. The van der Waals surface area contributed by atoms with E-state index in [0.717, 1.165) is 15.6 Å². The first-order chi connectivity index (χ1) is 8.49. The van der Waals surface area contributed by atoms with Gasteiger partial charge < -0.3 is 9.64 Å². The lowest BCUT2D eigenvalue weighted by molar-refractivity contribution is -0.0586. The molecule has 0 radical (unpaired) electrons. The zero-order valence-electron chi connectivity index (χ0n) is 10.9. The predicted octanol–water partition coefficient (Wildman–Crippen LogP) is 3.01. The number of ether oxygens (including phenoxy) is 1. The summed E-state index contributed by atoms with van der Waals surface area (Å²) in [7, 11) is 0. The Balaban J connectivity index is 2.23. The third kappa shape index (κ3) is 2.75. The smallest absolute Gasteiger partial charge is 0.254 e. The average Bonchev–Trinajstić information content (AvgIpc) is 2.30. The van der Waals surface area contributed by atoms with Crippen LogP contribution in [0.15, 0.2) is 22.7 Å². The van der Waals surface area contributed by atoms with Gasteiger partial charge in [-0.1, -0.05) is 22.0 Å². The molecule has 1 aromatic rings. The molecule has 98 valence electrons. The van der Waals surface area contributed by atoms with Crippen molar-refractivity contribution in [2.45, 2.75) is 33.0 Å². The minimum absolute atomic E-state index is 0.0933. The van der Waals surface area contributed by atoms with Crippen LogP contribution in [0.25, 0.3) is 0 Å². The molecular weight excluding hydrogens is 294 g/mol. The van der Waals surface area contributed by atoms with Gasteiger partial charge in [0, 0.05) is 23.1 Å². The van der Waals surface area contributed by atoms with Crippen LogP contribution in [-0.4, -0.2) is 36.1 Å². The zero-order chi connectivity index (χ0) is 13.3.